The predicted molar refractivity (Wildman–Crippen MR) is 45.8 cm³/mol. The zero-order chi connectivity index (χ0) is 10.6. The highest BCUT2D eigenvalue weighted by molar-refractivity contribution is 5.94. The molecule has 0 saturated heterocycles. The summed E-state index contributed by atoms with van der Waals surface area (Å²) in [6, 6.07) is 2.68. The number of rotatable bonds is 3. The van der Waals surface area contributed by atoms with Gasteiger partial charge in [0, 0.05) is 12.6 Å². The first-order valence-corrected chi connectivity index (χ1v) is 3.99. The maximum atomic E-state index is 13.0. The molecule has 1 rings (SSSR count). The first-order valence-electron chi connectivity index (χ1n) is 3.99. The van der Waals surface area contributed by atoms with Crippen molar-refractivity contribution in [2.45, 2.75) is 0 Å². The van der Waals surface area contributed by atoms with E-state index in [0.717, 1.165) is 12.1 Å². The minimum atomic E-state index is -0.916. The highest BCUT2D eigenvalue weighted by Gasteiger charge is 2.11. The molecule has 1 aromatic rings. The lowest BCUT2D eigenvalue weighted by molar-refractivity contribution is 0.0940. The molecular weight excluding hydrogens is 192 g/mol. The van der Waals surface area contributed by atoms with Gasteiger partial charge in [-0.3, -0.25) is 4.79 Å². The molecule has 0 unspecified atom stereocenters. The van der Waals surface area contributed by atoms with Crippen LogP contribution in [0.3, 0.4) is 0 Å². The lowest BCUT2D eigenvalue weighted by Crippen LogP contribution is -2.27. The van der Waals surface area contributed by atoms with Gasteiger partial charge < -0.3 is 10.4 Å². The van der Waals surface area contributed by atoms with Gasteiger partial charge in [-0.2, -0.15) is 0 Å². The number of hydrogen-bond donors (Lipinski definition) is 2. The fraction of sp³-hybridized carbons (Fsp3) is 0.222. The second kappa shape index (κ2) is 4.66. The molecule has 0 fully saturated rings. The van der Waals surface area contributed by atoms with Crippen LogP contribution in [0.15, 0.2) is 18.2 Å². The number of carbonyl (C=O) groups is 1. The summed E-state index contributed by atoms with van der Waals surface area (Å²) in [6.45, 7) is -0.190. The Morgan fingerprint density at radius 1 is 1.43 bits per heavy atom. The Morgan fingerprint density at radius 2 is 2.14 bits per heavy atom. The standard InChI is InChI=1S/C9H9F2NO2/c10-6-1-2-7(8(11)5-6)9(14)12-3-4-13/h1-2,5,13H,3-4H2,(H,12,14). The van der Waals surface area contributed by atoms with Crippen LogP contribution >= 0.6 is 0 Å². The molecular formula is C9H9F2NO2. The molecule has 0 bridgehead atoms. The Balaban J connectivity index is 2.80. The van der Waals surface area contributed by atoms with E-state index >= 15 is 0 Å². The van der Waals surface area contributed by atoms with Crippen LogP contribution in [-0.2, 0) is 0 Å². The lowest BCUT2D eigenvalue weighted by atomic mass is 10.2. The Kier molecular flexibility index (Phi) is 3.53. The van der Waals surface area contributed by atoms with Crippen LogP contribution < -0.4 is 5.32 Å². The van der Waals surface area contributed by atoms with Crippen molar-refractivity contribution in [1.29, 1.82) is 0 Å². The summed E-state index contributed by atoms with van der Waals surface area (Å²) in [6.07, 6.45) is 0. The summed E-state index contributed by atoms with van der Waals surface area (Å²) in [5.41, 5.74) is -0.236. The maximum Gasteiger partial charge on any atom is 0.254 e. The summed E-state index contributed by atoms with van der Waals surface area (Å²) in [5, 5.41) is 10.7. The molecule has 0 aromatic heterocycles. The van der Waals surface area contributed by atoms with Crippen molar-refractivity contribution in [3.05, 3.63) is 35.4 Å². The Morgan fingerprint density at radius 3 is 2.71 bits per heavy atom. The molecule has 2 N–H and O–H groups in total. The minimum absolute atomic E-state index is 0.0374. The van der Waals surface area contributed by atoms with Gasteiger partial charge in [-0.25, -0.2) is 8.78 Å². The molecule has 0 spiro atoms. The van der Waals surface area contributed by atoms with Gasteiger partial charge in [0.1, 0.15) is 11.6 Å². The van der Waals surface area contributed by atoms with Gasteiger partial charge in [-0.15, -0.1) is 0 Å². The predicted octanol–water partition coefficient (Wildman–Crippen LogP) is 0.687. The van der Waals surface area contributed by atoms with E-state index in [1.165, 1.54) is 0 Å². The molecule has 1 aromatic carbocycles. The molecule has 3 nitrogen and oxygen atoms in total. The third-order valence-electron chi connectivity index (χ3n) is 1.57. The van der Waals surface area contributed by atoms with E-state index in [1.54, 1.807) is 0 Å². The largest absolute Gasteiger partial charge is 0.395 e. The van der Waals surface area contributed by atoms with E-state index < -0.39 is 17.5 Å². The molecule has 0 atom stereocenters. The molecule has 0 heterocycles. The van der Waals surface area contributed by atoms with Crippen LogP contribution in [0.25, 0.3) is 0 Å². The summed E-state index contributed by atoms with van der Waals surface area (Å²) in [7, 11) is 0. The van der Waals surface area contributed by atoms with E-state index in [0.29, 0.717) is 6.07 Å². The van der Waals surface area contributed by atoms with Gasteiger partial charge >= 0.3 is 0 Å². The van der Waals surface area contributed by atoms with E-state index in [4.69, 9.17) is 5.11 Å². The molecule has 0 saturated carbocycles. The third-order valence-corrected chi connectivity index (χ3v) is 1.57. The average molecular weight is 201 g/mol. The van der Waals surface area contributed by atoms with Crippen LogP contribution in [0, 0.1) is 11.6 Å². The molecule has 76 valence electrons. The van der Waals surface area contributed by atoms with Crippen molar-refractivity contribution < 1.29 is 18.7 Å². The molecule has 0 aliphatic carbocycles. The molecule has 0 aliphatic heterocycles. The van der Waals surface area contributed by atoms with Crippen molar-refractivity contribution in [3.8, 4) is 0 Å². The summed E-state index contributed by atoms with van der Waals surface area (Å²) >= 11 is 0. The van der Waals surface area contributed by atoms with Crippen LogP contribution in [0.5, 0.6) is 0 Å². The van der Waals surface area contributed by atoms with E-state index in [9.17, 15) is 13.6 Å². The molecule has 1 amide bonds. The monoisotopic (exact) mass is 201 g/mol. The van der Waals surface area contributed by atoms with Crippen molar-refractivity contribution in [3.63, 3.8) is 0 Å². The second-order valence-corrected chi connectivity index (χ2v) is 2.60. The number of amides is 1. The van der Waals surface area contributed by atoms with Gasteiger partial charge in [0.25, 0.3) is 5.91 Å². The molecule has 0 radical (unpaired) electrons. The first-order chi connectivity index (χ1) is 6.65. The highest BCUT2D eigenvalue weighted by atomic mass is 19.1. The fourth-order valence-corrected chi connectivity index (χ4v) is 0.938. The number of benzene rings is 1. The number of halogens is 2. The van der Waals surface area contributed by atoms with Gasteiger partial charge in [0.05, 0.1) is 12.2 Å². The number of aliphatic hydroxyl groups excluding tert-OH is 1. The van der Waals surface area contributed by atoms with Gasteiger partial charge in [-0.1, -0.05) is 0 Å². The molecule has 5 heteroatoms. The zero-order valence-electron chi connectivity index (χ0n) is 7.26. The Hall–Kier alpha value is -1.49. The normalized spacial score (nSPS) is 9.93. The number of aliphatic hydroxyl groups is 1. The van der Waals surface area contributed by atoms with Crippen LogP contribution in [0.1, 0.15) is 10.4 Å². The third kappa shape index (κ3) is 2.50. The van der Waals surface area contributed by atoms with Crippen LogP contribution in [0.2, 0.25) is 0 Å². The van der Waals surface area contributed by atoms with Gasteiger partial charge in [-0.05, 0) is 12.1 Å². The van der Waals surface area contributed by atoms with Gasteiger partial charge in [0.2, 0.25) is 0 Å². The number of nitrogens with one attached hydrogen (secondary N) is 1. The van der Waals surface area contributed by atoms with Crippen LogP contribution in [-0.4, -0.2) is 24.2 Å². The van der Waals surface area contributed by atoms with Crippen molar-refractivity contribution >= 4 is 5.91 Å². The summed E-state index contributed by atoms with van der Waals surface area (Å²) < 4.78 is 25.4. The SMILES string of the molecule is O=C(NCCO)c1ccc(F)cc1F. The smallest absolute Gasteiger partial charge is 0.254 e. The first kappa shape index (κ1) is 10.6. The van der Waals surface area contributed by atoms with Crippen molar-refractivity contribution in [1.82, 2.24) is 5.32 Å². The topological polar surface area (TPSA) is 49.3 Å². The van der Waals surface area contributed by atoms with Crippen molar-refractivity contribution in [2.75, 3.05) is 13.2 Å². The number of carbonyl (C=O) groups excluding carboxylic acids is 1. The van der Waals surface area contributed by atoms with E-state index in [2.05, 4.69) is 5.32 Å². The van der Waals surface area contributed by atoms with Crippen LogP contribution in [0.4, 0.5) is 8.78 Å². The average Bonchev–Trinajstić information content (AvgIpc) is 2.14. The van der Waals surface area contributed by atoms with Gasteiger partial charge in [0.15, 0.2) is 0 Å². The minimum Gasteiger partial charge on any atom is -0.395 e. The Bertz CT molecular complexity index is 342. The molecule has 14 heavy (non-hydrogen) atoms. The quantitative estimate of drug-likeness (QED) is 0.755. The second-order valence-electron chi connectivity index (χ2n) is 2.60. The lowest BCUT2D eigenvalue weighted by Gasteiger charge is -2.03. The summed E-state index contributed by atoms with van der Waals surface area (Å²) in [5.74, 6) is -2.32. The summed E-state index contributed by atoms with van der Waals surface area (Å²) in [4.78, 5) is 11.2. The zero-order valence-corrected chi connectivity index (χ0v) is 7.26. The number of hydrogen-bond acceptors (Lipinski definition) is 2. The van der Waals surface area contributed by atoms with E-state index in [1.807, 2.05) is 0 Å². The fourth-order valence-electron chi connectivity index (χ4n) is 0.938. The van der Waals surface area contributed by atoms with Crippen molar-refractivity contribution in [2.24, 2.45) is 0 Å². The van der Waals surface area contributed by atoms with E-state index in [-0.39, 0.29) is 18.7 Å². The maximum absolute atomic E-state index is 13.0. The Labute approximate surface area is 79.4 Å². The molecule has 0 aliphatic rings. The highest BCUT2D eigenvalue weighted by Crippen LogP contribution is 2.08.